The molecule has 0 saturated carbocycles. The molecular formula is C20H22O5. The number of esters is 1. The lowest BCUT2D eigenvalue weighted by molar-refractivity contribution is -0.136. The maximum absolute atomic E-state index is 11.9. The zero-order valence-electron chi connectivity index (χ0n) is 14.6. The number of carbonyl (C=O) groups is 2. The number of hydrogen-bond donors (Lipinski definition) is 1. The quantitative estimate of drug-likeness (QED) is 0.607. The molecule has 0 atom stereocenters. The minimum Gasteiger partial charge on any atom is -0.482 e. The molecule has 0 aliphatic rings. The van der Waals surface area contributed by atoms with Gasteiger partial charge in [0.1, 0.15) is 17.1 Å². The zero-order chi connectivity index (χ0) is 18.4. The van der Waals surface area contributed by atoms with Crippen molar-refractivity contribution >= 4 is 11.9 Å². The first kappa shape index (κ1) is 18.5. The van der Waals surface area contributed by atoms with E-state index in [-0.39, 0.29) is 23.3 Å². The lowest BCUT2D eigenvalue weighted by atomic mass is 9.82. The van der Waals surface area contributed by atoms with Gasteiger partial charge in [0.05, 0.1) is 0 Å². The van der Waals surface area contributed by atoms with E-state index in [2.05, 4.69) is 20.8 Å². The summed E-state index contributed by atoms with van der Waals surface area (Å²) in [6.07, 6.45) is 1.02. The van der Waals surface area contributed by atoms with Crippen molar-refractivity contribution < 1.29 is 24.2 Å². The lowest BCUT2D eigenvalue weighted by Gasteiger charge is -2.23. The minimum absolute atomic E-state index is 0.00337. The van der Waals surface area contributed by atoms with Gasteiger partial charge in [-0.1, -0.05) is 45.0 Å². The molecule has 2 aromatic carbocycles. The van der Waals surface area contributed by atoms with Crippen molar-refractivity contribution in [3.8, 4) is 11.5 Å². The van der Waals surface area contributed by atoms with Gasteiger partial charge in [-0.25, -0.2) is 9.59 Å². The molecule has 0 amide bonds. The Morgan fingerprint density at radius 3 is 2.28 bits per heavy atom. The number of carboxylic acid groups (broad SMARTS) is 1. The van der Waals surface area contributed by atoms with Gasteiger partial charge in [0, 0.05) is 0 Å². The van der Waals surface area contributed by atoms with Crippen molar-refractivity contribution in [2.75, 3.05) is 6.61 Å². The molecule has 0 bridgehead atoms. The van der Waals surface area contributed by atoms with Crippen LogP contribution in [-0.4, -0.2) is 23.7 Å². The molecule has 2 rings (SSSR count). The summed E-state index contributed by atoms with van der Waals surface area (Å²) >= 11 is 0. The number of hydrogen-bond acceptors (Lipinski definition) is 4. The van der Waals surface area contributed by atoms with E-state index in [0.717, 1.165) is 6.42 Å². The van der Waals surface area contributed by atoms with Gasteiger partial charge >= 0.3 is 11.9 Å². The third kappa shape index (κ3) is 4.83. The molecule has 0 radical (unpaired) electrons. The van der Waals surface area contributed by atoms with Crippen molar-refractivity contribution in [1.29, 1.82) is 0 Å². The van der Waals surface area contributed by atoms with E-state index in [1.165, 1.54) is 17.7 Å². The summed E-state index contributed by atoms with van der Waals surface area (Å²) in [5.41, 5.74) is 1.21. The van der Waals surface area contributed by atoms with Gasteiger partial charge in [0.2, 0.25) is 0 Å². The fraction of sp³-hybridized carbons (Fsp3) is 0.300. The van der Waals surface area contributed by atoms with Crippen molar-refractivity contribution in [2.24, 2.45) is 0 Å². The Morgan fingerprint density at radius 2 is 1.68 bits per heavy atom. The van der Waals surface area contributed by atoms with Crippen LogP contribution in [0.3, 0.4) is 0 Å². The molecule has 0 spiro atoms. The molecule has 0 aliphatic carbocycles. The molecule has 5 heteroatoms. The van der Waals surface area contributed by atoms with Crippen LogP contribution in [-0.2, 0) is 10.2 Å². The Morgan fingerprint density at radius 1 is 1.04 bits per heavy atom. The van der Waals surface area contributed by atoms with Gasteiger partial charge in [-0.15, -0.1) is 0 Å². The predicted molar refractivity (Wildman–Crippen MR) is 94.3 cm³/mol. The lowest BCUT2D eigenvalue weighted by Crippen LogP contribution is -2.19. The van der Waals surface area contributed by atoms with Crippen LogP contribution in [0.1, 0.15) is 43.1 Å². The number of carbonyl (C=O) groups excluding carboxylic acids is 1. The van der Waals surface area contributed by atoms with Crippen molar-refractivity contribution in [3.63, 3.8) is 0 Å². The van der Waals surface area contributed by atoms with Gasteiger partial charge in [-0.05, 0) is 41.7 Å². The average molecular weight is 342 g/mol. The second kappa shape index (κ2) is 7.83. The van der Waals surface area contributed by atoms with Gasteiger partial charge in [0.15, 0.2) is 6.61 Å². The number of ether oxygens (including phenoxy) is 2. The van der Waals surface area contributed by atoms with Gasteiger partial charge < -0.3 is 14.6 Å². The molecule has 0 fully saturated rings. The van der Waals surface area contributed by atoms with Crippen molar-refractivity contribution in [3.05, 3.63) is 59.7 Å². The number of para-hydroxylation sites is 1. The first-order valence-electron chi connectivity index (χ1n) is 8.10. The molecule has 0 aliphatic heterocycles. The van der Waals surface area contributed by atoms with E-state index in [1.54, 1.807) is 12.1 Å². The average Bonchev–Trinajstić information content (AvgIpc) is 2.60. The van der Waals surface area contributed by atoms with E-state index in [9.17, 15) is 9.59 Å². The third-order valence-corrected chi connectivity index (χ3v) is 4.22. The Hall–Kier alpha value is -2.82. The van der Waals surface area contributed by atoms with E-state index < -0.39 is 11.9 Å². The van der Waals surface area contributed by atoms with E-state index >= 15 is 0 Å². The molecule has 1 N–H and O–H groups in total. The van der Waals surface area contributed by atoms with Gasteiger partial charge in [-0.2, -0.15) is 0 Å². The summed E-state index contributed by atoms with van der Waals surface area (Å²) in [6.45, 7) is 6.17. The minimum atomic E-state index is -1.15. The summed E-state index contributed by atoms with van der Waals surface area (Å²) in [6, 6.07) is 13.5. The molecule has 0 aromatic heterocycles. The fourth-order valence-electron chi connectivity index (χ4n) is 2.23. The molecular weight excluding hydrogens is 320 g/mol. The van der Waals surface area contributed by atoms with E-state index in [4.69, 9.17) is 14.6 Å². The summed E-state index contributed by atoms with van der Waals surface area (Å²) in [5.74, 6) is -1.26. The van der Waals surface area contributed by atoms with Crippen LogP contribution in [0.4, 0.5) is 0 Å². The van der Waals surface area contributed by atoms with Gasteiger partial charge in [0.25, 0.3) is 0 Å². The predicted octanol–water partition coefficient (Wildman–Crippen LogP) is 4.06. The SMILES string of the molecule is CCC(C)(C)c1ccc(OCC(=O)Oc2ccccc2C(=O)O)cc1. The Bertz CT molecular complexity index is 747. The summed E-state index contributed by atoms with van der Waals surface area (Å²) < 4.78 is 10.5. The second-order valence-electron chi connectivity index (χ2n) is 6.33. The highest BCUT2D eigenvalue weighted by Crippen LogP contribution is 2.28. The molecule has 25 heavy (non-hydrogen) atoms. The normalized spacial score (nSPS) is 11.0. The molecule has 0 unspecified atom stereocenters. The zero-order valence-corrected chi connectivity index (χ0v) is 14.6. The van der Waals surface area contributed by atoms with Crippen molar-refractivity contribution in [2.45, 2.75) is 32.6 Å². The van der Waals surface area contributed by atoms with Crippen LogP contribution >= 0.6 is 0 Å². The van der Waals surface area contributed by atoms with E-state index in [0.29, 0.717) is 5.75 Å². The van der Waals surface area contributed by atoms with Gasteiger partial charge in [-0.3, -0.25) is 0 Å². The smallest absolute Gasteiger partial charge is 0.349 e. The van der Waals surface area contributed by atoms with Crippen LogP contribution in [0.25, 0.3) is 0 Å². The fourth-order valence-corrected chi connectivity index (χ4v) is 2.23. The summed E-state index contributed by atoms with van der Waals surface area (Å²) in [5, 5.41) is 9.08. The first-order valence-corrected chi connectivity index (χ1v) is 8.10. The Kier molecular flexibility index (Phi) is 5.80. The number of rotatable bonds is 7. The second-order valence-corrected chi connectivity index (χ2v) is 6.33. The number of aromatic carboxylic acids is 1. The highest BCUT2D eigenvalue weighted by molar-refractivity contribution is 5.92. The van der Waals surface area contributed by atoms with Crippen LogP contribution in [0.2, 0.25) is 0 Å². The highest BCUT2D eigenvalue weighted by Gasteiger charge is 2.18. The maximum Gasteiger partial charge on any atom is 0.349 e. The van der Waals surface area contributed by atoms with Crippen molar-refractivity contribution in [1.82, 2.24) is 0 Å². The maximum atomic E-state index is 11.9. The molecule has 132 valence electrons. The largest absolute Gasteiger partial charge is 0.482 e. The monoisotopic (exact) mass is 342 g/mol. The molecule has 5 nitrogen and oxygen atoms in total. The third-order valence-electron chi connectivity index (χ3n) is 4.22. The summed E-state index contributed by atoms with van der Waals surface area (Å²) in [7, 11) is 0. The number of benzene rings is 2. The Labute approximate surface area is 147 Å². The van der Waals surface area contributed by atoms with E-state index in [1.807, 2.05) is 24.3 Å². The highest BCUT2D eigenvalue weighted by atomic mass is 16.6. The molecule has 2 aromatic rings. The molecule has 0 saturated heterocycles. The van der Waals surface area contributed by atoms with Crippen LogP contribution < -0.4 is 9.47 Å². The molecule has 0 heterocycles. The topological polar surface area (TPSA) is 72.8 Å². The van der Waals surface area contributed by atoms with Crippen LogP contribution in [0, 0.1) is 0 Å². The standard InChI is InChI=1S/C20H22O5/c1-4-20(2,3)14-9-11-15(12-10-14)24-13-18(21)25-17-8-6-5-7-16(17)19(22)23/h5-12H,4,13H2,1-3H3,(H,22,23). The first-order chi connectivity index (χ1) is 11.8. The Balaban J connectivity index is 1.96. The van der Waals surface area contributed by atoms with Crippen LogP contribution in [0.5, 0.6) is 11.5 Å². The summed E-state index contributed by atoms with van der Waals surface area (Å²) in [4.78, 5) is 23.0. The number of carboxylic acids is 1. The van der Waals surface area contributed by atoms with Crippen LogP contribution in [0.15, 0.2) is 48.5 Å².